The number of carbonyl (C=O) groups is 1. The number of rotatable bonds is 5. The van der Waals surface area contributed by atoms with Crippen molar-refractivity contribution < 1.29 is 14.3 Å². The summed E-state index contributed by atoms with van der Waals surface area (Å²) in [5.74, 6) is 1.62. The Morgan fingerprint density at radius 1 is 1.12 bits per heavy atom. The van der Waals surface area contributed by atoms with Crippen LogP contribution in [0, 0.1) is 13.8 Å². The van der Waals surface area contributed by atoms with Gasteiger partial charge >= 0.3 is 0 Å². The number of ether oxygens (including phenoxy) is 2. The number of hydrogen-bond acceptors (Lipinski definition) is 5. The molecule has 5 rings (SSSR count). The molecule has 1 aromatic heterocycles. The lowest BCUT2D eigenvalue weighted by Crippen LogP contribution is -2.46. The second kappa shape index (κ2) is 8.67. The first-order valence-electron chi connectivity index (χ1n) is 11.1. The molecule has 0 spiro atoms. The summed E-state index contributed by atoms with van der Waals surface area (Å²) in [7, 11) is 0. The maximum Gasteiger partial charge on any atom is 0.241 e. The second-order valence-corrected chi connectivity index (χ2v) is 8.51. The van der Waals surface area contributed by atoms with Crippen LogP contribution in [0.15, 0.2) is 48.5 Å². The van der Waals surface area contributed by atoms with Gasteiger partial charge in [0.1, 0.15) is 0 Å². The molecule has 1 amide bonds. The van der Waals surface area contributed by atoms with E-state index in [2.05, 4.69) is 21.4 Å². The van der Waals surface area contributed by atoms with Crippen molar-refractivity contribution in [2.45, 2.75) is 45.7 Å². The summed E-state index contributed by atoms with van der Waals surface area (Å²) >= 11 is 0. The van der Waals surface area contributed by atoms with E-state index >= 15 is 0 Å². The lowest BCUT2D eigenvalue weighted by atomic mass is 10.00. The number of nitrogens with zero attached hydrogens (tertiary/aromatic N) is 3. The van der Waals surface area contributed by atoms with Gasteiger partial charge in [-0.25, -0.2) is 4.68 Å². The van der Waals surface area contributed by atoms with Gasteiger partial charge in [-0.2, -0.15) is 5.10 Å². The zero-order chi connectivity index (χ0) is 22.1. The Labute approximate surface area is 187 Å². The third-order valence-electron chi connectivity index (χ3n) is 6.16. The minimum atomic E-state index is -0.169. The minimum Gasteiger partial charge on any atom is -0.454 e. The largest absolute Gasteiger partial charge is 0.454 e. The summed E-state index contributed by atoms with van der Waals surface area (Å²) in [6.45, 7) is 5.83. The van der Waals surface area contributed by atoms with Gasteiger partial charge in [0.05, 0.1) is 17.4 Å². The number of carbonyl (C=O) groups excluding carboxylic acids is 1. The maximum absolute atomic E-state index is 13.2. The molecule has 2 aromatic carbocycles. The van der Waals surface area contributed by atoms with Crippen LogP contribution in [0.25, 0.3) is 5.69 Å². The van der Waals surface area contributed by atoms with Crippen LogP contribution in [0.3, 0.4) is 0 Å². The third kappa shape index (κ3) is 4.08. The first kappa shape index (κ1) is 20.6. The van der Waals surface area contributed by atoms with E-state index in [4.69, 9.17) is 9.47 Å². The minimum absolute atomic E-state index is 0.0355. The van der Waals surface area contributed by atoms with E-state index in [1.54, 1.807) is 0 Å². The van der Waals surface area contributed by atoms with Crippen molar-refractivity contribution in [3.63, 3.8) is 0 Å². The van der Waals surface area contributed by atoms with Gasteiger partial charge in [0, 0.05) is 23.5 Å². The molecule has 7 nitrogen and oxygen atoms in total. The van der Waals surface area contributed by atoms with Gasteiger partial charge in [0.2, 0.25) is 12.7 Å². The van der Waals surface area contributed by atoms with Crippen LogP contribution in [-0.4, -0.2) is 40.0 Å². The lowest BCUT2D eigenvalue weighted by Gasteiger charge is -2.34. The topological polar surface area (TPSA) is 68.6 Å². The van der Waals surface area contributed by atoms with Gasteiger partial charge in [-0.05, 0) is 69.6 Å². The van der Waals surface area contributed by atoms with Gasteiger partial charge in [-0.15, -0.1) is 0 Å². The predicted octanol–water partition coefficient (Wildman–Crippen LogP) is 4.21. The average molecular weight is 433 g/mol. The van der Waals surface area contributed by atoms with Crippen LogP contribution < -0.4 is 14.8 Å². The zero-order valence-corrected chi connectivity index (χ0v) is 18.5. The lowest BCUT2D eigenvalue weighted by molar-refractivity contribution is -0.122. The number of anilines is 1. The fraction of sp³-hybridized carbons (Fsp3) is 0.360. The molecule has 3 heterocycles. The van der Waals surface area contributed by atoms with Gasteiger partial charge in [0.15, 0.2) is 11.5 Å². The standard InChI is InChI=1S/C25H28N4O3/c1-17-14-18(2)29(27-17)21-11-9-20(10-12-21)26-25(30)22-7-3-4-13-28(22)15-19-6-5-8-23-24(19)32-16-31-23/h5-6,8-12,14,22H,3-4,7,13,15-16H2,1-2H3,(H,26,30). The fourth-order valence-electron chi connectivity index (χ4n) is 4.61. The summed E-state index contributed by atoms with van der Waals surface area (Å²) in [6, 6.07) is 15.7. The number of benzene rings is 2. The van der Waals surface area contributed by atoms with Crippen molar-refractivity contribution in [2.24, 2.45) is 0 Å². The average Bonchev–Trinajstić information content (AvgIpc) is 3.41. The summed E-state index contributed by atoms with van der Waals surface area (Å²) in [5.41, 5.74) is 4.90. The number of likely N-dealkylation sites (tertiary alicyclic amines) is 1. The van der Waals surface area contributed by atoms with E-state index in [1.807, 2.05) is 61.0 Å². The maximum atomic E-state index is 13.2. The number of amides is 1. The van der Waals surface area contributed by atoms with Gasteiger partial charge in [0.25, 0.3) is 0 Å². The smallest absolute Gasteiger partial charge is 0.241 e. The molecule has 1 N–H and O–H groups in total. The Morgan fingerprint density at radius 3 is 2.75 bits per heavy atom. The van der Waals surface area contributed by atoms with Crippen LogP contribution in [0.1, 0.15) is 36.2 Å². The monoisotopic (exact) mass is 432 g/mol. The molecule has 1 saturated heterocycles. The molecule has 0 bridgehead atoms. The second-order valence-electron chi connectivity index (χ2n) is 8.51. The third-order valence-corrected chi connectivity index (χ3v) is 6.16. The van der Waals surface area contributed by atoms with Crippen LogP contribution in [0.2, 0.25) is 0 Å². The summed E-state index contributed by atoms with van der Waals surface area (Å²) < 4.78 is 13.1. The van der Waals surface area contributed by atoms with E-state index < -0.39 is 0 Å². The van der Waals surface area contributed by atoms with Crippen molar-refractivity contribution in [3.05, 3.63) is 65.5 Å². The molecule has 0 aliphatic carbocycles. The van der Waals surface area contributed by atoms with Crippen LogP contribution in [-0.2, 0) is 11.3 Å². The molecule has 1 fully saturated rings. The predicted molar refractivity (Wildman–Crippen MR) is 122 cm³/mol. The van der Waals surface area contributed by atoms with Crippen molar-refractivity contribution in [1.29, 1.82) is 0 Å². The molecule has 2 aliphatic heterocycles. The number of aromatic nitrogens is 2. The summed E-state index contributed by atoms with van der Waals surface area (Å²) in [4.78, 5) is 15.4. The molecule has 166 valence electrons. The highest BCUT2D eigenvalue weighted by Crippen LogP contribution is 2.36. The van der Waals surface area contributed by atoms with Gasteiger partial charge in [-0.1, -0.05) is 18.6 Å². The normalized spacial score (nSPS) is 18.0. The molecule has 0 saturated carbocycles. The van der Waals surface area contributed by atoms with E-state index in [9.17, 15) is 4.79 Å². The summed E-state index contributed by atoms with van der Waals surface area (Å²) in [5, 5.41) is 7.63. The molecular weight excluding hydrogens is 404 g/mol. The zero-order valence-electron chi connectivity index (χ0n) is 18.5. The quantitative estimate of drug-likeness (QED) is 0.654. The van der Waals surface area contributed by atoms with Gasteiger partial charge in [-0.3, -0.25) is 9.69 Å². The number of aryl methyl sites for hydroxylation is 2. The van der Waals surface area contributed by atoms with Crippen LogP contribution >= 0.6 is 0 Å². The molecule has 3 aromatic rings. The van der Waals surface area contributed by atoms with E-state index in [0.717, 1.165) is 65.6 Å². The Kier molecular flexibility index (Phi) is 5.57. The molecule has 1 unspecified atom stereocenters. The van der Waals surface area contributed by atoms with Crippen molar-refractivity contribution in [3.8, 4) is 17.2 Å². The highest BCUT2D eigenvalue weighted by atomic mass is 16.7. The number of fused-ring (bicyclic) bond motifs is 1. The highest BCUT2D eigenvalue weighted by molar-refractivity contribution is 5.95. The van der Waals surface area contributed by atoms with E-state index in [1.165, 1.54) is 0 Å². The van der Waals surface area contributed by atoms with Crippen LogP contribution in [0.4, 0.5) is 5.69 Å². The highest BCUT2D eigenvalue weighted by Gasteiger charge is 2.30. The molecular formula is C25H28N4O3. The molecule has 2 aliphatic rings. The molecule has 7 heteroatoms. The molecule has 32 heavy (non-hydrogen) atoms. The first-order valence-corrected chi connectivity index (χ1v) is 11.1. The Balaban J connectivity index is 1.28. The van der Waals surface area contributed by atoms with E-state index in [0.29, 0.717) is 6.54 Å². The van der Waals surface area contributed by atoms with Crippen molar-refractivity contribution in [1.82, 2.24) is 14.7 Å². The first-order chi connectivity index (χ1) is 15.6. The number of nitrogens with one attached hydrogen (secondary N) is 1. The SMILES string of the molecule is Cc1cc(C)n(-c2ccc(NC(=O)C3CCCCN3Cc3cccc4c3OCO4)cc2)n1. The Hall–Kier alpha value is -3.32. The number of piperidine rings is 1. The number of para-hydroxylation sites is 1. The Bertz CT molecular complexity index is 1120. The summed E-state index contributed by atoms with van der Waals surface area (Å²) in [6.07, 6.45) is 2.99. The van der Waals surface area contributed by atoms with E-state index in [-0.39, 0.29) is 18.7 Å². The van der Waals surface area contributed by atoms with Crippen LogP contribution in [0.5, 0.6) is 11.5 Å². The number of hydrogen-bond donors (Lipinski definition) is 1. The van der Waals surface area contributed by atoms with Crippen molar-refractivity contribution >= 4 is 11.6 Å². The fourth-order valence-corrected chi connectivity index (χ4v) is 4.61. The molecule has 0 radical (unpaired) electrons. The van der Waals surface area contributed by atoms with Gasteiger partial charge < -0.3 is 14.8 Å². The Morgan fingerprint density at radius 2 is 1.97 bits per heavy atom. The molecule has 1 atom stereocenters. The van der Waals surface area contributed by atoms with Crippen molar-refractivity contribution in [2.75, 3.05) is 18.7 Å².